The lowest BCUT2D eigenvalue weighted by Gasteiger charge is -2.32. The molecule has 0 fully saturated rings. The Morgan fingerprint density at radius 3 is 2.25 bits per heavy atom. The molecule has 0 saturated carbocycles. The van der Waals surface area contributed by atoms with E-state index in [-0.39, 0.29) is 11.9 Å². The van der Waals surface area contributed by atoms with E-state index in [4.69, 9.17) is 0 Å². The second-order valence-corrected chi connectivity index (χ2v) is 4.53. The standard InChI is InChI=1S/C13H18N2O/c1-9-10(2)15(4)13(16)11-7-5-6-8-12(11)14(9)3/h5-10H,1-4H3. The number of hydrogen-bond acceptors (Lipinski definition) is 2. The molecular formula is C13H18N2O. The molecule has 3 heteroatoms. The molecule has 0 N–H and O–H groups in total. The van der Waals surface area contributed by atoms with Gasteiger partial charge in [0.1, 0.15) is 0 Å². The zero-order valence-electron chi connectivity index (χ0n) is 10.3. The van der Waals surface area contributed by atoms with Crippen molar-refractivity contribution >= 4 is 11.6 Å². The summed E-state index contributed by atoms with van der Waals surface area (Å²) in [5, 5.41) is 0. The van der Waals surface area contributed by atoms with Crippen LogP contribution >= 0.6 is 0 Å². The summed E-state index contributed by atoms with van der Waals surface area (Å²) in [4.78, 5) is 16.2. The van der Waals surface area contributed by atoms with Gasteiger partial charge in [0.05, 0.1) is 5.56 Å². The molecule has 1 amide bonds. The van der Waals surface area contributed by atoms with Crippen LogP contribution in [0.15, 0.2) is 24.3 Å². The number of carbonyl (C=O) groups excluding carboxylic acids is 1. The normalized spacial score (nSPS) is 25.4. The molecule has 1 aromatic rings. The number of para-hydroxylation sites is 1. The summed E-state index contributed by atoms with van der Waals surface area (Å²) in [6.45, 7) is 4.24. The summed E-state index contributed by atoms with van der Waals surface area (Å²) in [5.74, 6) is 0.110. The van der Waals surface area contributed by atoms with Gasteiger partial charge in [-0.25, -0.2) is 0 Å². The van der Waals surface area contributed by atoms with Gasteiger partial charge in [-0.3, -0.25) is 4.79 Å². The number of carbonyl (C=O) groups is 1. The minimum Gasteiger partial charge on any atom is -0.369 e. The molecule has 16 heavy (non-hydrogen) atoms. The van der Waals surface area contributed by atoms with Gasteiger partial charge in [0.2, 0.25) is 0 Å². The number of anilines is 1. The van der Waals surface area contributed by atoms with Gasteiger partial charge in [0.15, 0.2) is 0 Å². The molecule has 0 spiro atoms. The fourth-order valence-electron chi connectivity index (χ4n) is 2.20. The van der Waals surface area contributed by atoms with Gasteiger partial charge in [-0.05, 0) is 26.0 Å². The Bertz CT molecular complexity index is 416. The maximum atomic E-state index is 12.2. The van der Waals surface area contributed by atoms with Gasteiger partial charge in [-0.2, -0.15) is 0 Å². The predicted molar refractivity (Wildman–Crippen MR) is 65.9 cm³/mol. The first-order valence-electron chi connectivity index (χ1n) is 5.63. The third-order valence-electron chi connectivity index (χ3n) is 3.75. The zero-order valence-corrected chi connectivity index (χ0v) is 10.3. The van der Waals surface area contributed by atoms with Crippen molar-refractivity contribution in [2.24, 2.45) is 0 Å². The van der Waals surface area contributed by atoms with Crippen LogP contribution in [0.25, 0.3) is 0 Å². The van der Waals surface area contributed by atoms with E-state index in [1.54, 1.807) is 0 Å². The van der Waals surface area contributed by atoms with Crippen LogP contribution in [0.3, 0.4) is 0 Å². The van der Waals surface area contributed by atoms with Crippen molar-refractivity contribution in [2.45, 2.75) is 25.9 Å². The molecule has 0 bridgehead atoms. The second-order valence-electron chi connectivity index (χ2n) is 4.53. The highest BCUT2D eigenvalue weighted by Crippen LogP contribution is 2.28. The third kappa shape index (κ3) is 1.47. The quantitative estimate of drug-likeness (QED) is 0.665. The molecule has 1 aliphatic heterocycles. The minimum absolute atomic E-state index is 0.110. The molecule has 2 unspecified atom stereocenters. The monoisotopic (exact) mass is 218 g/mol. The summed E-state index contributed by atoms with van der Waals surface area (Å²) in [6.07, 6.45) is 0. The maximum Gasteiger partial charge on any atom is 0.256 e. The lowest BCUT2D eigenvalue weighted by molar-refractivity contribution is 0.0738. The Morgan fingerprint density at radius 1 is 1.00 bits per heavy atom. The Kier molecular flexibility index (Phi) is 2.62. The van der Waals surface area contributed by atoms with E-state index in [0.29, 0.717) is 6.04 Å². The summed E-state index contributed by atoms with van der Waals surface area (Å²) in [7, 11) is 3.92. The first-order chi connectivity index (χ1) is 7.54. The number of amides is 1. The van der Waals surface area contributed by atoms with Crippen LogP contribution in [0.4, 0.5) is 5.69 Å². The van der Waals surface area contributed by atoms with E-state index in [1.807, 2.05) is 43.3 Å². The average molecular weight is 218 g/mol. The Hall–Kier alpha value is -1.51. The highest BCUT2D eigenvalue weighted by atomic mass is 16.2. The highest BCUT2D eigenvalue weighted by Gasteiger charge is 2.31. The van der Waals surface area contributed by atoms with Crippen LogP contribution in [-0.4, -0.2) is 37.0 Å². The van der Waals surface area contributed by atoms with Crippen molar-refractivity contribution in [1.82, 2.24) is 4.90 Å². The van der Waals surface area contributed by atoms with Crippen LogP contribution in [0.2, 0.25) is 0 Å². The fraction of sp³-hybridized carbons (Fsp3) is 0.462. The minimum atomic E-state index is 0.110. The number of hydrogen-bond donors (Lipinski definition) is 0. The smallest absolute Gasteiger partial charge is 0.256 e. The van der Waals surface area contributed by atoms with Gasteiger partial charge < -0.3 is 9.80 Å². The summed E-state index contributed by atoms with van der Waals surface area (Å²) < 4.78 is 0. The van der Waals surface area contributed by atoms with E-state index in [0.717, 1.165) is 11.3 Å². The number of rotatable bonds is 0. The molecule has 0 radical (unpaired) electrons. The molecule has 0 saturated heterocycles. The lowest BCUT2D eigenvalue weighted by atomic mass is 10.1. The molecule has 2 rings (SSSR count). The SMILES string of the molecule is CC1C(C)N(C)c2ccccc2C(=O)N1C. The summed E-state index contributed by atoms with van der Waals surface area (Å²) >= 11 is 0. The zero-order chi connectivity index (χ0) is 11.9. The molecular weight excluding hydrogens is 200 g/mol. The van der Waals surface area contributed by atoms with Crippen molar-refractivity contribution in [3.8, 4) is 0 Å². The number of benzene rings is 1. The molecule has 1 aliphatic rings. The number of fused-ring (bicyclic) bond motifs is 1. The van der Waals surface area contributed by atoms with Crippen molar-refractivity contribution in [3.63, 3.8) is 0 Å². The fourth-order valence-corrected chi connectivity index (χ4v) is 2.20. The number of nitrogens with zero attached hydrogens (tertiary/aromatic N) is 2. The van der Waals surface area contributed by atoms with E-state index in [9.17, 15) is 4.79 Å². The van der Waals surface area contributed by atoms with Crippen LogP contribution < -0.4 is 4.90 Å². The van der Waals surface area contributed by atoms with Gasteiger partial charge in [0, 0.05) is 31.9 Å². The molecule has 3 nitrogen and oxygen atoms in total. The van der Waals surface area contributed by atoms with Crippen LogP contribution in [0.5, 0.6) is 0 Å². The van der Waals surface area contributed by atoms with Crippen molar-refractivity contribution in [1.29, 1.82) is 0 Å². The second kappa shape index (κ2) is 3.81. The predicted octanol–water partition coefficient (Wildman–Crippen LogP) is 1.99. The van der Waals surface area contributed by atoms with Gasteiger partial charge in [-0.15, -0.1) is 0 Å². The summed E-state index contributed by atoms with van der Waals surface area (Å²) in [6, 6.07) is 8.33. The van der Waals surface area contributed by atoms with Crippen molar-refractivity contribution in [3.05, 3.63) is 29.8 Å². The molecule has 0 aliphatic carbocycles. The van der Waals surface area contributed by atoms with Crippen LogP contribution in [0, 0.1) is 0 Å². The van der Waals surface area contributed by atoms with E-state index < -0.39 is 0 Å². The summed E-state index contributed by atoms with van der Waals surface area (Å²) in [5.41, 5.74) is 1.82. The third-order valence-corrected chi connectivity index (χ3v) is 3.75. The highest BCUT2D eigenvalue weighted by molar-refractivity contribution is 6.00. The Labute approximate surface area is 96.7 Å². The number of likely N-dealkylation sites (N-methyl/N-ethyl adjacent to an activating group) is 2. The van der Waals surface area contributed by atoms with E-state index >= 15 is 0 Å². The first kappa shape index (κ1) is 11.0. The molecule has 2 atom stereocenters. The van der Waals surface area contributed by atoms with E-state index in [1.165, 1.54) is 0 Å². The Balaban J connectivity index is 2.57. The largest absolute Gasteiger partial charge is 0.369 e. The average Bonchev–Trinajstić information content (AvgIpc) is 2.38. The molecule has 1 aromatic carbocycles. The molecule has 86 valence electrons. The van der Waals surface area contributed by atoms with Crippen LogP contribution in [0.1, 0.15) is 24.2 Å². The van der Waals surface area contributed by atoms with Crippen molar-refractivity contribution < 1.29 is 4.79 Å². The van der Waals surface area contributed by atoms with E-state index in [2.05, 4.69) is 18.7 Å². The maximum absolute atomic E-state index is 12.2. The first-order valence-corrected chi connectivity index (χ1v) is 5.63. The lowest BCUT2D eigenvalue weighted by Crippen LogP contribution is -2.45. The Morgan fingerprint density at radius 2 is 1.56 bits per heavy atom. The topological polar surface area (TPSA) is 23.6 Å². The molecule has 0 aromatic heterocycles. The van der Waals surface area contributed by atoms with Crippen molar-refractivity contribution in [2.75, 3.05) is 19.0 Å². The van der Waals surface area contributed by atoms with Gasteiger partial charge >= 0.3 is 0 Å². The van der Waals surface area contributed by atoms with Gasteiger partial charge in [0.25, 0.3) is 5.91 Å². The van der Waals surface area contributed by atoms with Gasteiger partial charge in [-0.1, -0.05) is 12.1 Å². The molecule has 1 heterocycles. The van der Waals surface area contributed by atoms with Crippen LogP contribution in [-0.2, 0) is 0 Å².